The standard InChI is InChI=1S/C15H19N2O3/c1-2-13(15(19)20)14(18)17-10-8-16(9-11-17)12-6-4-3-5-7-12/h3-7,13H,1-2,8-11H2,(H,19,20). The van der Waals surface area contributed by atoms with Gasteiger partial charge in [-0.25, -0.2) is 0 Å². The minimum absolute atomic E-state index is 0.0903. The molecule has 107 valence electrons. The number of nitrogens with zero attached hydrogens (tertiary/aromatic N) is 2. The molecule has 0 saturated carbocycles. The molecule has 1 aromatic rings. The van der Waals surface area contributed by atoms with Crippen molar-refractivity contribution in [2.75, 3.05) is 31.1 Å². The summed E-state index contributed by atoms with van der Waals surface area (Å²) in [5, 5.41) is 9.01. The lowest BCUT2D eigenvalue weighted by Crippen LogP contribution is -2.51. The maximum atomic E-state index is 12.1. The molecule has 5 nitrogen and oxygen atoms in total. The molecule has 1 saturated heterocycles. The number of benzene rings is 1. The van der Waals surface area contributed by atoms with Crippen LogP contribution in [0.3, 0.4) is 0 Å². The van der Waals surface area contributed by atoms with Crippen LogP contribution in [0.5, 0.6) is 0 Å². The Morgan fingerprint density at radius 2 is 1.75 bits per heavy atom. The van der Waals surface area contributed by atoms with Crippen molar-refractivity contribution in [1.29, 1.82) is 0 Å². The van der Waals surface area contributed by atoms with Crippen LogP contribution in [0, 0.1) is 12.8 Å². The number of para-hydroxylation sites is 1. The van der Waals surface area contributed by atoms with E-state index in [-0.39, 0.29) is 12.3 Å². The molecule has 1 atom stereocenters. The number of piperazine rings is 1. The van der Waals surface area contributed by atoms with Crippen LogP contribution in [0.1, 0.15) is 6.42 Å². The molecule has 1 amide bonds. The lowest BCUT2D eigenvalue weighted by molar-refractivity contribution is -0.151. The van der Waals surface area contributed by atoms with E-state index in [4.69, 9.17) is 5.11 Å². The predicted octanol–water partition coefficient (Wildman–Crippen LogP) is 1.26. The molecule has 0 spiro atoms. The van der Waals surface area contributed by atoms with Crippen molar-refractivity contribution >= 4 is 17.6 Å². The first-order valence-electron chi connectivity index (χ1n) is 6.74. The molecule has 1 aliphatic rings. The van der Waals surface area contributed by atoms with Gasteiger partial charge in [-0.15, -0.1) is 0 Å². The smallest absolute Gasteiger partial charge is 0.316 e. The van der Waals surface area contributed by atoms with Crippen LogP contribution in [0.15, 0.2) is 30.3 Å². The predicted molar refractivity (Wildman–Crippen MR) is 76.3 cm³/mol. The zero-order chi connectivity index (χ0) is 14.5. The minimum atomic E-state index is -1.09. The first-order valence-corrected chi connectivity index (χ1v) is 6.74. The molecule has 1 aromatic carbocycles. The van der Waals surface area contributed by atoms with Crippen LogP contribution in [0.25, 0.3) is 0 Å². The Labute approximate surface area is 118 Å². The highest BCUT2D eigenvalue weighted by atomic mass is 16.4. The van der Waals surface area contributed by atoms with Gasteiger partial charge in [-0.1, -0.05) is 25.1 Å². The van der Waals surface area contributed by atoms with E-state index >= 15 is 0 Å². The van der Waals surface area contributed by atoms with E-state index in [1.54, 1.807) is 4.90 Å². The molecule has 20 heavy (non-hydrogen) atoms. The van der Waals surface area contributed by atoms with E-state index in [0.717, 1.165) is 18.8 Å². The molecule has 0 aromatic heterocycles. The van der Waals surface area contributed by atoms with Gasteiger partial charge in [0.15, 0.2) is 0 Å². The SMILES string of the molecule is [CH2]CC(C(=O)O)C(=O)N1CCN(c2ccccc2)CC1. The highest BCUT2D eigenvalue weighted by molar-refractivity contribution is 5.97. The Kier molecular flexibility index (Phi) is 4.61. The van der Waals surface area contributed by atoms with Crippen molar-refractivity contribution in [2.45, 2.75) is 6.42 Å². The second-order valence-corrected chi connectivity index (χ2v) is 4.83. The summed E-state index contributed by atoms with van der Waals surface area (Å²) >= 11 is 0. The number of amides is 1. The van der Waals surface area contributed by atoms with E-state index in [1.165, 1.54) is 0 Å². The fourth-order valence-electron chi connectivity index (χ4n) is 2.40. The van der Waals surface area contributed by atoms with Gasteiger partial charge in [-0.3, -0.25) is 9.59 Å². The van der Waals surface area contributed by atoms with Gasteiger partial charge in [0.05, 0.1) is 0 Å². The fourth-order valence-corrected chi connectivity index (χ4v) is 2.40. The molecule has 1 aliphatic heterocycles. The van der Waals surface area contributed by atoms with Gasteiger partial charge < -0.3 is 14.9 Å². The third-order valence-corrected chi connectivity index (χ3v) is 3.60. The number of carboxylic acid groups (broad SMARTS) is 1. The van der Waals surface area contributed by atoms with Crippen LogP contribution in [0.2, 0.25) is 0 Å². The third-order valence-electron chi connectivity index (χ3n) is 3.60. The van der Waals surface area contributed by atoms with Gasteiger partial charge in [0.25, 0.3) is 0 Å². The zero-order valence-corrected chi connectivity index (χ0v) is 11.4. The average molecular weight is 275 g/mol. The second kappa shape index (κ2) is 6.41. The molecule has 1 unspecified atom stereocenters. The molecular weight excluding hydrogens is 256 g/mol. The summed E-state index contributed by atoms with van der Waals surface area (Å²) in [6.45, 7) is 6.10. The number of rotatable bonds is 4. The van der Waals surface area contributed by atoms with Crippen molar-refractivity contribution < 1.29 is 14.7 Å². The molecule has 1 heterocycles. The summed E-state index contributed by atoms with van der Waals surface area (Å²) in [6, 6.07) is 10.0. The number of hydrogen-bond acceptors (Lipinski definition) is 3. The Bertz CT molecular complexity index is 467. The molecule has 5 heteroatoms. The van der Waals surface area contributed by atoms with Gasteiger partial charge >= 0.3 is 5.97 Å². The number of anilines is 1. The van der Waals surface area contributed by atoms with Gasteiger partial charge in [0, 0.05) is 31.9 Å². The van der Waals surface area contributed by atoms with Crippen molar-refractivity contribution in [2.24, 2.45) is 5.92 Å². The Morgan fingerprint density at radius 3 is 2.25 bits per heavy atom. The van der Waals surface area contributed by atoms with E-state index in [1.807, 2.05) is 30.3 Å². The van der Waals surface area contributed by atoms with Gasteiger partial charge in [-0.2, -0.15) is 0 Å². The highest BCUT2D eigenvalue weighted by Gasteiger charge is 2.30. The quantitative estimate of drug-likeness (QED) is 0.840. The van der Waals surface area contributed by atoms with Crippen molar-refractivity contribution in [3.8, 4) is 0 Å². The monoisotopic (exact) mass is 275 g/mol. The average Bonchev–Trinajstić information content (AvgIpc) is 2.48. The molecule has 0 aliphatic carbocycles. The molecule has 1 radical (unpaired) electrons. The topological polar surface area (TPSA) is 60.9 Å². The number of carbonyl (C=O) groups excluding carboxylic acids is 1. The summed E-state index contributed by atoms with van der Waals surface area (Å²) in [4.78, 5) is 26.9. The molecular formula is C15H19N2O3. The number of hydrogen-bond donors (Lipinski definition) is 1. The summed E-state index contributed by atoms with van der Waals surface area (Å²) in [5.41, 5.74) is 1.13. The Hall–Kier alpha value is -2.04. The van der Waals surface area contributed by atoms with E-state index in [9.17, 15) is 9.59 Å². The van der Waals surface area contributed by atoms with Gasteiger partial charge in [-0.05, 0) is 18.6 Å². The van der Waals surface area contributed by atoms with Crippen LogP contribution in [-0.4, -0.2) is 48.1 Å². The summed E-state index contributed by atoms with van der Waals surface area (Å²) in [5.74, 6) is -2.42. The minimum Gasteiger partial charge on any atom is -0.481 e. The third kappa shape index (κ3) is 3.10. The van der Waals surface area contributed by atoms with Gasteiger partial charge in [0.1, 0.15) is 5.92 Å². The Morgan fingerprint density at radius 1 is 1.15 bits per heavy atom. The lowest BCUT2D eigenvalue weighted by Gasteiger charge is -2.37. The zero-order valence-electron chi connectivity index (χ0n) is 11.4. The molecule has 1 N–H and O–H groups in total. The first kappa shape index (κ1) is 14.4. The summed E-state index contributed by atoms with van der Waals surface area (Å²) in [6.07, 6.45) is 0.0903. The Balaban J connectivity index is 1.94. The first-order chi connectivity index (χ1) is 9.63. The van der Waals surface area contributed by atoms with Crippen molar-refractivity contribution in [1.82, 2.24) is 4.90 Å². The highest BCUT2D eigenvalue weighted by Crippen LogP contribution is 2.17. The number of carbonyl (C=O) groups is 2. The molecule has 2 rings (SSSR count). The lowest BCUT2D eigenvalue weighted by atomic mass is 10.0. The van der Waals surface area contributed by atoms with Crippen LogP contribution in [-0.2, 0) is 9.59 Å². The second-order valence-electron chi connectivity index (χ2n) is 4.83. The maximum absolute atomic E-state index is 12.1. The number of carboxylic acids is 1. The molecule has 0 bridgehead atoms. The van der Waals surface area contributed by atoms with Gasteiger partial charge in [0.2, 0.25) is 5.91 Å². The maximum Gasteiger partial charge on any atom is 0.316 e. The van der Waals surface area contributed by atoms with Crippen molar-refractivity contribution in [3.63, 3.8) is 0 Å². The van der Waals surface area contributed by atoms with Crippen LogP contribution < -0.4 is 4.90 Å². The number of aliphatic carboxylic acids is 1. The van der Waals surface area contributed by atoms with E-state index in [0.29, 0.717) is 13.1 Å². The summed E-state index contributed by atoms with van der Waals surface area (Å²) in [7, 11) is 0. The van der Waals surface area contributed by atoms with E-state index < -0.39 is 11.9 Å². The molecule has 1 fully saturated rings. The van der Waals surface area contributed by atoms with E-state index in [2.05, 4.69) is 11.8 Å². The summed E-state index contributed by atoms with van der Waals surface area (Å²) < 4.78 is 0. The fraction of sp³-hybridized carbons (Fsp3) is 0.400. The normalized spacial score (nSPS) is 16.9. The van der Waals surface area contributed by atoms with Crippen LogP contribution in [0.4, 0.5) is 5.69 Å². The van der Waals surface area contributed by atoms with Crippen LogP contribution >= 0.6 is 0 Å². The largest absolute Gasteiger partial charge is 0.481 e. The van der Waals surface area contributed by atoms with Crippen molar-refractivity contribution in [3.05, 3.63) is 37.3 Å².